The van der Waals surface area contributed by atoms with Crippen LogP contribution in [0.15, 0.2) is 45.6 Å². The Hall–Kier alpha value is -3.08. The summed E-state index contributed by atoms with van der Waals surface area (Å²) in [5.41, 5.74) is 3.38. The Labute approximate surface area is 170 Å². The number of oxazole rings is 1. The summed E-state index contributed by atoms with van der Waals surface area (Å²) in [5.74, 6) is -0.437. The summed E-state index contributed by atoms with van der Waals surface area (Å²) in [6.07, 6.45) is 3.25. The first-order valence-corrected chi connectivity index (χ1v) is 9.59. The first kappa shape index (κ1) is 20.6. The van der Waals surface area contributed by atoms with Gasteiger partial charge in [-0.25, -0.2) is 4.79 Å². The van der Waals surface area contributed by atoms with Crippen molar-refractivity contribution in [2.45, 2.75) is 52.4 Å². The summed E-state index contributed by atoms with van der Waals surface area (Å²) in [6.45, 7) is 12.3. The van der Waals surface area contributed by atoms with Gasteiger partial charge in [-0.15, -0.1) is 0 Å². The average molecular weight is 393 g/mol. The number of aromatic nitrogens is 1. The van der Waals surface area contributed by atoms with Crippen molar-refractivity contribution >= 4 is 23.0 Å². The van der Waals surface area contributed by atoms with Crippen molar-refractivity contribution in [3.05, 3.63) is 69.2 Å². The van der Waals surface area contributed by atoms with Gasteiger partial charge in [0.25, 0.3) is 0 Å². The van der Waals surface area contributed by atoms with Crippen LogP contribution in [0.1, 0.15) is 68.6 Å². The van der Waals surface area contributed by atoms with Crippen LogP contribution in [0.4, 0.5) is 0 Å². The number of rotatable bonds is 3. The van der Waals surface area contributed by atoms with Gasteiger partial charge in [-0.05, 0) is 52.8 Å². The molecule has 0 spiro atoms. The van der Waals surface area contributed by atoms with Crippen molar-refractivity contribution in [2.24, 2.45) is 0 Å². The number of hydrogen-bond acceptors (Lipinski definition) is 4. The minimum absolute atomic E-state index is 0.196. The highest BCUT2D eigenvalue weighted by molar-refractivity contribution is 6.08. The molecule has 0 aliphatic carbocycles. The van der Waals surface area contributed by atoms with Gasteiger partial charge in [0, 0.05) is 16.7 Å². The molecule has 0 aliphatic heterocycles. The highest BCUT2D eigenvalue weighted by atomic mass is 16.4. The fourth-order valence-corrected chi connectivity index (χ4v) is 3.26. The lowest BCUT2D eigenvalue weighted by atomic mass is 9.78. The Bertz CT molecular complexity index is 1130. The molecule has 0 saturated carbocycles. The van der Waals surface area contributed by atoms with Crippen molar-refractivity contribution in [1.29, 1.82) is 0 Å². The molecule has 0 atom stereocenters. The second kappa shape index (κ2) is 7.07. The quantitative estimate of drug-likeness (QED) is 0.466. The number of hydrogen-bond donors (Lipinski definition) is 2. The molecule has 29 heavy (non-hydrogen) atoms. The predicted molar refractivity (Wildman–Crippen MR) is 116 cm³/mol. The van der Waals surface area contributed by atoms with E-state index in [9.17, 15) is 14.7 Å². The van der Waals surface area contributed by atoms with Crippen LogP contribution in [0.5, 0.6) is 5.75 Å². The molecule has 0 saturated heterocycles. The number of carbonyl (C=O) groups excluding carboxylic acids is 1. The van der Waals surface area contributed by atoms with E-state index in [2.05, 4.69) is 4.98 Å². The van der Waals surface area contributed by atoms with Gasteiger partial charge in [-0.3, -0.25) is 9.78 Å². The number of nitrogens with one attached hydrogen (secondary N) is 1. The lowest BCUT2D eigenvalue weighted by molar-refractivity contribution is 0.104. The number of aromatic hydroxyl groups is 1. The highest BCUT2D eigenvalue weighted by Crippen LogP contribution is 2.40. The van der Waals surface area contributed by atoms with E-state index in [4.69, 9.17) is 4.42 Å². The number of carbonyl (C=O) groups is 1. The van der Waals surface area contributed by atoms with Gasteiger partial charge in [-0.2, -0.15) is 0 Å². The molecule has 152 valence electrons. The average Bonchev–Trinajstić information content (AvgIpc) is 2.97. The highest BCUT2D eigenvalue weighted by Gasteiger charge is 2.26. The van der Waals surface area contributed by atoms with Crippen LogP contribution in [-0.2, 0) is 10.8 Å². The van der Waals surface area contributed by atoms with Gasteiger partial charge in [0.2, 0.25) is 0 Å². The van der Waals surface area contributed by atoms with Crippen molar-refractivity contribution in [3.8, 4) is 5.75 Å². The van der Waals surface area contributed by atoms with Crippen LogP contribution < -0.4 is 5.76 Å². The normalized spacial score (nSPS) is 12.8. The molecular weight excluding hydrogens is 366 g/mol. The molecule has 5 nitrogen and oxygen atoms in total. The summed E-state index contributed by atoms with van der Waals surface area (Å²) in [4.78, 5) is 26.5. The molecule has 0 unspecified atom stereocenters. The van der Waals surface area contributed by atoms with Crippen LogP contribution in [-0.4, -0.2) is 15.9 Å². The van der Waals surface area contributed by atoms with Gasteiger partial charge in [0.15, 0.2) is 11.4 Å². The first-order chi connectivity index (χ1) is 13.4. The van der Waals surface area contributed by atoms with E-state index in [0.717, 1.165) is 16.7 Å². The second-order valence-electron chi connectivity index (χ2n) is 9.39. The monoisotopic (exact) mass is 393 g/mol. The van der Waals surface area contributed by atoms with Crippen LogP contribution >= 0.6 is 0 Å². The van der Waals surface area contributed by atoms with E-state index in [-0.39, 0.29) is 16.6 Å². The van der Waals surface area contributed by atoms with E-state index in [1.807, 2.05) is 53.7 Å². The first-order valence-electron chi connectivity index (χ1n) is 9.59. The van der Waals surface area contributed by atoms with Crippen LogP contribution in [0.2, 0.25) is 0 Å². The molecule has 5 heteroatoms. The topological polar surface area (TPSA) is 83.3 Å². The number of ketones is 1. The third-order valence-corrected chi connectivity index (χ3v) is 4.88. The summed E-state index contributed by atoms with van der Waals surface area (Å²) >= 11 is 0. The SMILES string of the molecule is CC(C)(C)c1cc(/C=C/C(=O)c2ccc3[nH]c(=O)oc3c2)cc(C(C)(C)C)c1O. The van der Waals surface area contributed by atoms with E-state index in [0.29, 0.717) is 22.4 Å². The zero-order valence-electron chi connectivity index (χ0n) is 17.7. The maximum Gasteiger partial charge on any atom is 0.417 e. The molecule has 0 radical (unpaired) electrons. The van der Waals surface area contributed by atoms with Gasteiger partial charge >= 0.3 is 5.76 Å². The number of phenolic OH excluding ortho intramolecular Hbond substituents is 1. The van der Waals surface area contributed by atoms with Crippen LogP contribution in [0.25, 0.3) is 17.2 Å². The molecule has 0 aliphatic rings. The third-order valence-electron chi connectivity index (χ3n) is 4.88. The second-order valence-corrected chi connectivity index (χ2v) is 9.39. The molecule has 0 bridgehead atoms. The Balaban J connectivity index is 2.00. The number of allylic oxidation sites excluding steroid dienone is 1. The number of H-pyrrole nitrogens is 1. The Morgan fingerprint density at radius 2 is 1.59 bits per heavy atom. The Kier molecular flexibility index (Phi) is 5.03. The minimum Gasteiger partial charge on any atom is -0.507 e. The summed E-state index contributed by atoms with van der Waals surface area (Å²) in [7, 11) is 0. The zero-order valence-corrected chi connectivity index (χ0v) is 17.7. The molecule has 0 amide bonds. The number of aromatic amines is 1. The maximum absolute atomic E-state index is 12.6. The molecular formula is C24H27NO4. The number of benzene rings is 2. The number of phenols is 1. The smallest absolute Gasteiger partial charge is 0.417 e. The Morgan fingerprint density at radius 3 is 2.14 bits per heavy atom. The molecule has 2 N–H and O–H groups in total. The third kappa shape index (κ3) is 4.34. The maximum atomic E-state index is 12.6. The Morgan fingerprint density at radius 1 is 1.00 bits per heavy atom. The van der Waals surface area contributed by atoms with Crippen molar-refractivity contribution < 1.29 is 14.3 Å². The lowest BCUT2D eigenvalue weighted by Crippen LogP contribution is -2.17. The van der Waals surface area contributed by atoms with Gasteiger partial charge < -0.3 is 9.52 Å². The standard InChI is InChI=1S/C24H27NO4/c1-23(2,3)16-11-14(12-17(21(16)27)24(4,5)6)7-10-19(26)15-8-9-18-20(13-15)29-22(28)25-18/h7-13,27H,1-6H3,(H,25,28)/b10-7+. The fourth-order valence-electron chi connectivity index (χ4n) is 3.26. The molecule has 3 aromatic rings. The molecule has 0 fully saturated rings. The van der Waals surface area contributed by atoms with E-state index in [1.165, 1.54) is 6.08 Å². The fraction of sp³-hybridized carbons (Fsp3) is 0.333. The molecule has 1 heterocycles. The van der Waals surface area contributed by atoms with Gasteiger partial charge in [0.1, 0.15) is 5.75 Å². The molecule has 2 aromatic carbocycles. The van der Waals surface area contributed by atoms with Gasteiger partial charge in [-0.1, -0.05) is 47.6 Å². The zero-order chi connectivity index (χ0) is 21.6. The number of fused-ring (bicyclic) bond motifs is 1. The van der Waals surface area contributed by atoms with Gasteiger partial charge in [0.05, 0.1) is 5.52 Å². The summed E-state index contributed by atoms with van der Waals surface area (Å²) in [6, 6.07) is 8.69. The molecule has 1 aromatic heterocycles. The predicted octanol–water partition coefficient (Wildman–Crippen LogP) is 5.32. The summed E-state index contributed by atoms with van der Waals surface area (Å²) in [5, 5.41) is 10.8. The molecule has 3 rings (SSSR count). The minimum atomic E-state index is -0.548. The van der Waals surface area contributed by atoms with E-state index >= 15 is 0 Å². The van der Waals surface area contributed by atoms with Crippen molar-refractivity contribution in [3.63, 3.8) is 0 Å². The van der Waals surface area contributed by atoms with Crippen molar-refractivity contribution in [2.75, 3.05) is 0 Å². The van der Waals surface area contributed by atoms with Crippen LogP contribution in [0, 0.1) is 0 Å². The van der Waals surface area contributed by atoms with E-state index in [1.54, 1.807) is 24.3 Å². The van der Waals surface area contributed by atoms with Crippen LogP contribution in [0.3, 0.4) is 0 Å². The summed E-state index contributed by atoms with van der Waals surface area (Å²) < 4.78 is 5.03. The largest absolute Gasteiger partial charge is 0.507 e. The van der Waals surface area contributed by atoms with Crippen molar-refractivity contribution in [1.82, 2.24) is 4.98 Å². The lowest BCUT2D eigenvalue weighted by Gasteiger charge is -2.27. The van der Waals surface area contributed by atoms with E-state index < -0.39 is 5.76 Å².